The molecule has 1 saturated carbocycles. The molecule has 1 fully saturated rings. The van der Waals surface area contributed by atoms with E-state index in [4.69, 9.17) is 0 Å². The lowest BCUT2D eigenvalue weighted by atomic mass is 9.71. The van der Waals surface area contributed by atoms with Crippen molar-refractivity contribution >= 4 is 21.7 Å². The minimum absolute atomic E-state index is 0.279. The van der Waals surface area contributed by atoms with Crippen LogP contribution in [0.4, 0.5) is 5.82 Å². The fraction of sp³-hybridized carbons (Fsp3) is 0.750. The first kappa shape index (κ1) is 16.7. The standard InChI is InChI=1S/C16H26BrN3O/c1-11(2)14-19-12(17)9-13(20-14)18-10-16(21)7-5-15(3,4)6-8-16/h9,11,21H,5-8,10H2,1-4H3,(H,18,19,20). The van der Waals surface area contributed by atoms with Crippen LogP contribution in [-0.2, 0) is 0 Å². The zero-order chi connectivity index (χ0) is 15.7. The number of aromatic nitrogens is 2. The lowest BCUT2D eigenvalue weighted by Gasteiger charge is -2.40. The molecule has 2 rings (SSSR count). The first-order valence-electron chi connectivity index (χ1n) is 7.70. The third-order valence-corrected chi connectivity index (χ3v) is 4.77. The number of hydrogen-bond donors (Lipinski definition) is 2. The maximum absolute atomic E-state index is 10.7. The molecule has 2 N–H and O–H groups in total. The van der Waals surface area contributed by atoms with Crippen molar-refractivity contribution in [1.82, 2.24) is 9.97 Å². The van der Waals surface area contributed by atoms with Gasteiger partial charge in [0.1, 0.15) is 16.2 Å². The zero-order valence-corrected chi connectivity index (χ0v) is 15.0. The van der Waals surface area contributed by atoms with E-state index in [0.29, 0.717) is 12.0 Å². The Balaban J connectivity index is 2.00. The van der Waals surface area contributed by atoms with E-state index in [1.165, 1.54) is 0 Å². The molecule has 0 radical (unpaired) electrons. The van der Waals surface area contributed by atoms with E-state index < -0.39 is 5.60 Å². The van der Waals surface area contributed by atoms with Crippen LogP contribution in [0.3, 0.4) is 0 Å². The van der Waals surface area contributed by atoms with E-state index >= 15 is 0 Å². The van der Waals surface area contributed by atoms with Gasteiger partial charge in [0.25, 0.3) is 0 Å². The molecule has 1 aliphatic rings. The van der Waals surface area contributed by atoms with Gasteiger partial charge in [0.05, 0.1) is 5.60 Å². The Morgan fingerprint density at radius 1 is 1.24 bits per heavy atom. The maximum Gasteiger partial charge on any atom is 0.134 e. The average molecular weight is 356 g/mol. The second-order valence-electron chi connectivity index (χ2n) is 7.33. The summed E-state index contributed by atoms with van der Waals surface area (Å²) in [6, 6.07) is 1.86. The highest BCUT2D eigenvalue weighted by molar-refractivity contribution is 9.10. The molecule has 118 valence electrons. The van der Waals surface area contributed by atoms with E-state index in [-0.39, 0.29) is 5.92 Å². The van der Waals surface area contributed by atoms with Gasteiger partial charge >= 0.3 is 0 Å². The Morgan fingerprint density at radius 3 is 2.43 bits per heavy atom. The van der Waals surface area contributed by atoms with Crippen LogP contribution in [0, 0.1) is 5.41 Å². The molecule has 4 nitrogen and oxygen atoms in total. The molecule has 1 aromatic heterocycles. The number of aliphatic hydroxyl groups is 1. The average Bonchev–Trinajstić information content (AvgIpc) is 2.40. The van der Waals surface area contributed by atoms with Crippen molar-refractivity contribution < 1.29 is 5.11 Å². The smallest absolute Gasteiger partial charge is 0.134 e. The van der Waals surface area contributed by atoms with Gasteiger partial charge in [-0.15, -0.1) is 0 Å². The maximum atomic E-state index is 10.7. The molecule has 1 aliphatic carbocycles. The monoisotopic (exact) mass is 355 g/mol. The molecule has 0 aliphatic heterocycles. The van der Waals surface area contributed by atoms with Crippen molar-refractivity contribution in [3.8, 4) is 0 Å². The largest absolute Gasteiger partial charge is 0.388 e. The molecule has 5 heteroatoms. The quantitative estimate of drug-likeness (QED) is 0.798. The van der Waals surface area contributed by atoms with Crippen molar-refractivity contribution in [3.05, 3.63) is 16.5 Å². The van der Waals surface area contributed by atoms with E-state index in [9.17, 15) is 5.11 Å². The number of rotatable bonds is 4. The number of nitrogens with one attached hydrogen (secondary N) is 1. The van der Waals surface area contributed by atoms with Gasteiger partial charge in [0.2, 0.25) is 0 Å². The van der Waals surface area contributed by atoms with Crippen molar-refractivity contribution in [1.29, 1.82) is 0 Å². The van der Waals surface area contributed by atoms with Crippen LogP contribution in [0.2, 0.25) is 0 Å². The van der Waals surface area contributed by atoms with Crippen LogP contribution in [0.25, 0.3) is 0 Å². The molecular formula is C16H26BrN3O. The number of hydrogen-bond acceptors (Lipinski definition) is 4. The fourth-order valence-corrected chi connectivity index (χ4v) is 3.01. The SMILES string of the molecule is CC(C)c1nc(Br)cc(NCC2(O)CCC(C)(C)CC2)n1. The summed E-state index contributed by atoms with van der Waals surface area (Å²) >= 11 is 3.42. The molecule has 0 atom stereocenters. The first-order valence-corrected chi connectivity index (χ1v) is 8.49. The van der Waals surface area contributed by atoms with Crippen LogP contribution >= 0.6 is 15.9 Å². The second kappa shape index (κ2) is 6.21. The molecule has 1 aromatic rings. The van der Waals surface area contributed by atoms with Gasteiger partial charge in [0.15, 0.2) is 0 Å². The summed E-state index contributed by atoms with van der Waals surface area (Å²) in [5.41, 5.74) is -0.264. The van der Waals surface area contributed by atoms with Crippen molar-refractivity contribution in [2.75, 3.05) is 11.9 Å². The number of nitrogens with zero attached hydrogens (tertiary/aromatic N) is 2. The van der Waals surface area contributed by atoms with E-state index in [1.54, 1.807) is 0 Å². The van der Waals surface area contributed by atoms with Gasteiger partial charge < -0.3 is 10.4 Å². The third-order valence-electron chi connectivity index (χ3n) is 4.36. The number of anilines is 1. The molecule has 0 spiro atoms. The lowest BCUT2D eigenvalue weighted by Crippen LogP contribution is -2.42. The second-order valence-corrected chi connectivity index (χ2v) is 8.14. The van der Waals surface area contributed by atoms with Gasteiger partial charge in [-0.3, -0.25) is 0 Å². The van der Waals surface area contributed by atoms with Crippen molar-refractivity contribution in [2.24, 2.45) is 5.41 Å². The van der Waals surface area contributed by atoms with Crippen LogP contribution in [0.15, 0.2) is 10.7 Å². The minimum atomic E-state index is -0.620. The van der Waals surface area contributed by atoms with Crippen LogP contribution in [0.5, 0.6) is 0 Å². The molecular weight excluding hydrogens is 330 g/mol. The summed E-state index contributed by atoms with van der Waals surface area (Å²) in [7, 11) is 0. The van der Waals surface area contributed by atoms with Crippen LogP contribution < -0.4 is 5.32 Å². The molecule has 21 heavy (non-hydrogen) atoms. The zero-order valence-electron chi connectivity index (χ0n) is 13.4. The predicted molar refractivity (Wildman–Crippen MR) is 89.5 cm³/mol. The van der Waals surface area contributed by atoms with Crippen molar-refractivity contribution in [2.45, 2.75) is 64.9 Å². The van der Waals surface area contributed by atoms with Gasteiger partial charge in [-0.2, -0.15) is 0 Å². The number of halogens is 1. The summed E-state index contributed by atoms with van der Waals surface area (Å²) in [6.45, 7) is 9.24. The first-order chi connectivity index (χ1) is 9.69. The van der Waals surface area contributed by atoms with Gasteiger partial charge in [-0.05, 0) is 47.0 Å². The van der Waals surface area contributed by atoms with E-state index in [0.717, 1.165) is 41.9 Å². The van der Waals surface area contributed by atoms with Crippen LogP contribution in [0.1, 0.15) is 65.1 Å². The normalized spacial score (nSPS) is 20.5. The van der Waals surface area contributed by atoms with E-state index in [2.05, 4.69) is 58.9 Å². The molecule has 0 unspecified atom stereocenters. The Kier molecular flexibility index (Phi) is 4.93. The highest BCUT2D eigenvalue weighted by Crippen LogP contribution is 2.40. The summed E-state index contributed by atoms with van der Waals surface area (Å²) in [4.78, 5) is 8.88. The highest BCUT2D eigenvalue weighted by Gasteiger charge is 2.36. The summed E-state index contributed by atoms with van der Waals surface area (Å²) in [6.07, 6.45) is 3.82. The molecule has 0 amide bonds. The fourth-order valence-electron chi connectivity index (χ4n) is 2.61. The molecule has 0 bridgehead atoms. The topological polar surface area (TPSA) is 58.0 Å². The summed E-state index contributed by atoms with van der Waals surface area (Å²) in [5.74, 6) is 1.86. The molecule has 1 heterocycles. The van der Waals surface area contributed by atoms with E-state index in [1.807, 2.05) is 6.07 Å². The van der Waals surface area contributed by atoms with Crippen molar-refractivity contribution in [3.63, 3.8) is 0 Å². The summed E-state index contributed by atoms with van der Waals surface area (Å²) in [5, 5.41) is 14.0. The van der Waals surface area contributed by atoms with Gasteiger partial charge in [0, 0.05) is 18.5 Å². The Labute approximate surface area is 135 Å². The highest BCUT2D eigenvalue weighted by atomic mass is 79.9. The van der Waals surface area contributed by atoms with Crippen LogP contribution in [-0.4, -0.2) is 27.2 Å². The van der Waals surface area contributed by atoms with Gasteiger partial charge in [-0.25, -0.2) is 9.97 Å². The Hall–Kier alpha value is -0.680. The Morgan fingerprint density at radius 2 is 1.86 bits per heavy atom. The summed E-state index contributed by atoms with van der Waals surface area (Å²) < 4.78 is 0.778. The third kappa shape index (κ3) is 4.65. The van der Waals surface area contributed by atoms with Gasteiger partial charge in [-0.1, -0.05) is 27.7 Å². The Bertz CT molecular complexity index is 492. The molecule has 0 aromatic carbocycles. The molecule has 0 saturated heterocycles. The lowest BCUT2D eigenvalue weighted by molar-refractivity contribution is -0.0145. The predicted octanol–water partition coefficient (Wildman–Crippen LogP) is 4.11. The minimum Gasteiger partial charge on any atom is -0.388 e.